The van der Waals surface area contributed by atoms with Crippen LogP contribution in [0.15, 0.2) is 24.5 Å². The van der Waals surface area contributed by atoms with Crippen molar-refractivity contribution in [2.75, 3.05) is 6.54 Å². The first-order chi connectivity index (χ1) is 6.24. The minimum Gasteiger partial charge on any atom is -0.388 e. The van der Waals surface area contributed by atoms with Gasteiger partial charge in [-0.05, 0) is 12.1 Å². The van der Waals surface area contributed by atoms with Crippen molar-refractivity contribution in [1.82, 2.24) is 4.98 Å². The molecule has 0 unspecified atom stereocenters. The topological polar surface area (TPSA) is 82.3 Å². The molecule has 0 aliphatic carbocycles. The van der Waals surface area contributed by atoms with Crippen LogP contribution >= 0.6 is 0 Å². The van der Waals surface area contributed by atoms with Gasteiger partial charge < -0.3 is 10.5 Å². The number of carbonyl (C=O) groups is 2. The van der Waals surface area contributed by atoms with E-state index < -0.39 is 11.9 Å². The zero-order chi connectivity index (χ0) is 9.68. The molecule has 74 valence electrons. The summed E-state index contributed by atoms with van der Waals surface area (Å²) in [5.74, 6) is -1.49. The molecule has 0 spiro atoms. The maximum atomic E-state index is 11.1. The molecule has 0 bridgehead atoms. The number of aromatic nitrogens is 1. The molecule has 0 atom stereocenters. The quantitative estimate of drug-likeness (QED) is 0.456. The predicted octanol–water partition coefficient (Wildman–Crippen LogP) is -0.279. The third-order valence-electron chi connectivity index (χ3n) is 1.27. The van der Waals surface area contributed by atoms with Crippen molar-refractivity contribution in [3.05, 3.63) is 30.1 Å². The SMILES string of the molecule is NCC(=O)OC(=O)c1cccnc1.[Mo]. The minimum atomic E-state index is -0.756. The van der Waals surface area contributed by atoms with E-state index in [2.05, 4.69) is 9.72 Å². The van der Waals surface area contributed by atoms with Crippen molar-refractivity contribution in [1.29, 1.82) is 0 Å². The van der Waals surface area contributed by atoms with Crippen molar-refractivity contribution >= 4 is 11.9 Å². The average molecular weight is 276 g/mol. The van der Waals surface area contributed by atoms with Gasteiger partial charge in [0.25, 0.3) is 0 Å². The van der Waals surface area contributed by atoms with Crippen LogP contribution in [0.5, 0.6) is 0 Å². The molecule has 1 rings (SSSR count). The number of hydrogen-bond acceptors (Lipinski definition) is 5. The summed E-state index contributed by atoms with van der Waals surface area (Å²) in [6, 6.07) is 3.07. The van der Waals surface area contributed by atoms with E-state index in [1.54, 1.807) is 6.07 Å². The molecule has 6 heteroatoms. The summed E-state index contributed by atoms with van der Waals surface area (Å²) in [7, 11) is 0. The van der Waals surface area contributed by atoms with Crippen molar-refractivity contribution in [2.45, 2.75) is 0 Å². The number of esters is 2. The van der Waals surface area contributed by atoms with Crippen molar-refractivity contribution in [3.8, 4) is 0 Å². The summed E-state index contributed by atoms with van der Waals surface area (Å²) in [6.45, 7) is -0.313. The van der Waals surface area contributed by atoms with E-state index in [-0.39, 0.29) is 33.2 Å². The van der Waals surface area contributed by atoms with Crippen molar-refractivity contribution in [3.63, 3.8) is 0 Å². The molecule has 0 aromatic carbocycles. The fourth-order valence-electron chi connectivity index (χ4n) is 0.687. The number of hydrogen-bond donors (Lipinski definition) is 1. The van der Waals surface area contributed by atoms with E-state index in [1.807, 2.05) is 0 Å². The smallest absolute Gasteiger partial charge is 0.347 e. The van der Waals surface area contributed by atoms with Gasteiger partial charge in [-0.1, -0.05) is 0 Å². The first-order valence-electron chi connectivity index (χ1n) is 3.59. The van der Waals surface area contributed by atoms with Gasteiger partial charge in [0, 0.05) is 33.5 Å². The van der Waals surface area contributed by atoms with E-state index in [0.717, 1.165) is 0 Å². The molecule has 0 fully saturated rings. The summed E-state index contributed by atoms with van der Waals surface area (Å²) in [6.07, 6.45) is 2.83. The third kappa shape index (κ3) is 3.77. The number of nitrogens with two attached hydrogens (primary N) is 1. The summed E-state index contributed by atoms with van der Waals surface area (Å²) >= 11 is 0. The molecule has 2 N–H and O–H groups in total. The molecular formula is C8H8MoN2O3. The minimum absolute atomic E-state index is 0. The molecule has 0 radical (unpaired) electrons. The van der Waals surface area contributed by atoms with E-state index in [4.69, 9.17) is 5.73 Å². The Morgan fingerprint density at radius 3 is 2.71 bits per heavy atom. The fourth-order valence-corrected chi connectivity index (χ4v) is 0.687. The largest absolute Gasteiger partial charge is 0.388 e. The first-order valence-corrected chi connectivity index (χ1v) is 3.59. The van der Waals surface area contributed by atoms with Crippen molar-refractivity contribution in [2.24, 2.45) is 5.73 Å². The molecule has 0 saturated carbocycles. The van der Waals surface area contributed by atoms with Crippen LogP contribution in [0.1, 0.15) is 10.4 Å². The van der Waals surface area contributed by atoms with Crippen molar-refractivity contribution < 1.29 is 35.4 Å². The molecule has 5 nitrogen and oxygen atoms in total. The van der Waals surface area contributed by atoms with Gasteiger partial charge in [-0.3, -0.25) is 9.78 Å². The second-order valence-corrected chi connectivity index (χ2v) is 2.21. The van der Waals surface area contributed by atoms with Crippen LogP contribution in [0.4, 0.5) is 0 Å². The van der Waals surface area contributed by atoms with E-state index in [9.17, 15) is 9.59 Å². The molecule has 1 aromatic rings. The van der Waals surface area contributed by atoms with Gasteiger partial charge in [0.1, 0.15) is 0 Å². The Kier molecular flexibility index (Phi) is 5.92. The van der Waals surface area contributed by atoms with Gasteiger partial charge in [-0.2, -0.15) is 0 Å². The van der Waals surface area contributed by atoms with Gasteiger partial charge in [0.2, 0.25) is 0 Å². The van der Waals surface area contributed by atoms with E-state index >= 15 is 0 Å². The summed E-state index contributed by atoms with van der Waals surface area (Å²) in [4.78, 5) is 25.4. The van der Waals surface area contributed by atoms with Crippen LogP contribution in [0.2, 0.25) is 0 Å². The Bertz CT molecular complexity index is 316. The molecule has 1 heterocycles. The van der Waals surface area contributed by atoms with Crippen LogP contribution < -0.4 is 5.73 Å². The molecule has 0 amide bonds. The van der Waals surface area contributed by atoms with Gasteiger partial charge in [0.05, 0.1) is 12.1 Å². The van der Waals surface area contributed by atoms with E-state index in [1.165, 1.54) is 18.5 Å². The maximum Gasteiger partial charge on any atom is 0.347 e. The van der Waals surface area contributed by atoms with Gasteiger partial charge in [-0.25, -0.2) is 4.79 Å². The van der Waals surface area contributed by atoms with E-state index in [0.29, 0.717) is 0 Å². The molecule has 1 aromatic heterocycles. The van der Waals surface area contributed by atoms with Gasteiger partial charge in [-0.15, -0.1) is 0 Å². The Balaban J connectivity index is 0.00000169. The van der Waals surface area contributed by atoms with Crippen LogP contribution in [0, 0.1) is 0 Å². The standard InChI is InChI=1S/C8H8N2O3.Mo/c9-4-7(11)13-8(12)6-2-1-3-10-5-6;/h1-3,5H,4,9H2;. The molecular weight excluding hydrogens is 268 g/mol. The van der Waals surface area contributed by atoms with Crippen LogP contribution in [-0.4, -0.2) is 23.5 Å². The summed E-state index contributed by atoms with van der Waals surface area (Å²) in [5.41, 5.74) is 5.18. The summed E-state index contributed by atoms with van der Waals surface area (Å²) < 4.78 is 4.34. The van der Waals surface area contributed by atoms with Crippen LogP contribution in [-0.2, 0) is 30.6 Å². The second-order valence-electron chi connectivity index (χ2n) is 2.21. The number of ether oxygens (including phenoxy) is 1. The Morgan fingerprint density at radius 1 is 1.50 bits per heavy atom. The summed E-state index contributed by atoms with van der Waals surface area (Å²) in [5, 5.41) is 0. The number of pyridine rings is 1. The Labute approximate surface area is 94.9 Å². The maximum absolute atomic E-state index is 11.1. The van der Waals surface area contributed by atoms with Gasteiger partial charge >= 0.3 is 11.9 Å². The van der Waals surface area contributed by atoms with Crippen LogP contribution in [0.3, 0.4) is 0 Å². The number of nitrogens with zero attached hydrogens (tertiary/aromatic N) is 1. The zero-order valence-corrected chi connectivity index (χ0v) is 9.18. The predicted molar refractivity (Wildman–Crippen MR) is 43.7 cm³/mol. The third-order valence-corrected chi connectivity index (χ3v) is 1.27. The zero-order valence-electron chi connectivity index (χ0n) is 7.17. The normalized spacial score (nSPS) is 8.64. The Morgan fingerprint density at radius 2 is 2.21 bits per heavy atom. The number of rotatable bonds is 2. The van der Waals surface area contributed by atoms with Crippen LogP contribution in [0.25, 0.3) is 0 Å². The average Bonchev–Trinajstić information content (AvgIpc) is 2.19. The monoisotopic (exact) mass is 278 g/mol. The fraction of sp³-hybridized carbons (Fsp3) is 0.125. The molecule has 14 heavy (non-hydrogen) atoms. The first kappa shape index (κ1) is 12.9. The molecule has 0 saturated heterocycles. The molecule has 0 aliphatic rings. The Hall–Kier alpha value is -1.06. The van der Waals surface area contributed by atoms with Gasteiger partial charge in [0.15, 0.2) is 0 Å². The number of carbonyl (C=O) groups excluding carboxylic acids is 2. The molecule has 0 aliphatic heterocycles. The second kappa shape index (κ2) is 6.40.